The predicted octanol–water partition coefficient (Wildman–Crippen LogP) is 2.55. The summed E-state index contributed by atoms with van der Waals surface area (Å²) in [4.78, 5) is 31.0. The standard InChI is InChI=1S/C20H20N4O2/c1-13-10-23-12-17(7-8-19(23)21-13)22-20(26)18-9-15-5-3-4-6-16(15)11-24(18)14(2)25/h3-8,10,12,18H,9,11H2,1-2H3,(H,22,26). The van der Waals surface area contributed by atoms with Crippen LogP contribution in [0.25, 0.3) is 5.65 Å². The predicted molar refractivity (Wildman–Crippen MR) is 98.7 cm³/mol. The quantitative estimate of drug-likeness (QED) is 0.774. The van der Waals surface area contributed by atoms with Gasteiger partial charge in [-0.1, -0.05) is 24.3 Å². The average molecular weight is 348 g/mol. The van der Waals surface area contributed by atoms with E-state index in [4.69, 9.17) is 0 Å². The van der Waals surface area contributed by atoms with Gasteiger partial charge in [0.1, 0.15) is 11.7 Å². The number of benzene rings is 1. The minimum Gasteiger partial charge on any atom is -0.326 e. The van der Waals surface area contributed by atoms with Crippen LogP contribution >= 0.6 is 0 Å². The van der Waals surface area contributed by atoms with E-state index in [1.807, 2.05) is 60.1 Å². The first-order valence-electron chi connectivity index (χ1n) is 8.61. The topological polar surface area (TPSA) is 66.7 Å². The Bertz CT molecular complexity index is 1010. The summed E-state index contributed by atoms with van der Waals surface area (Å²) in [6, 6.07) is 11.1. The highest BCUT2D eigenvalue weighted by molar-refractivity contribution is 5.97. The summed E-state index contributed by atoms with van der Waals surface area (Å²) in [5.41, 5.74) is 4.65. The van der Waals surface area contributed by atoms with Crippen molar-refractivity contribution in [1.82, 2.24) is 14.3 Å². The van der Waals surface area contributed by atoms with Crippen LogP contribution in [0.3, 0.4) is 0 Å². The number of carbonyl (C=O) groups excluding carboxylic acids is 2. The highest BCUT2D eigenvalue weighted by atomic mass is 16.2. The van der Waals surface area contributed by atoms with Crippen molar-refractivity contribution < 1.29 is 9.59 Å². The van der Waals surface area contributed by atoms with Crippen LogP contribution in [0.4, 0.5) is 5.69 Å². The Balaban J connectivity index is 1.59. The lowest BCUT2D eigenvalue weighted by atomic mass is 9.93. The molecule has 1 aliphatic heterocycles. The SMILES string of the molecule is CC(=O)N1Cc2ccccc2CC1C(=O)Nc1ccc2nc(C)cn2c1. The van der Waals surface area contributed by atoms with E-state index >= 15 is 0 Å². The van der Waals surface area contributed by atoms with Gasteiger partial charge in [-0.3, -0.25) is 9.59 Å². The fraction of sp³-hybridized carbons (Fsp3) is 0.250. The largest absolute Gasteiger partial charge is 0.326 e. The smallest absolute Gasteiger partial charge is 0.247 e. The second kappa shape index (κ2) is 6.29. The number of nitrogens with zero attached hydrogens (tertiary/aromatic N) is 3. The zero-order chi connectivity index (χ0) is 18.3. The van der Waals surface area contributed by atoms with Crippen molar-refractivity contribution >= 4 is 23.1 Å². The number of fused-ring (bicyclic) bond motifs is 2. The van der Waals surface area contributed by atoms with Gasteiger partial charge < -0.3 is 14.6 Å². The van der Waals surface area contributed by atoms with Gasteiger partial charge in [0.2, 0.25) is 11.8 Å². The molecule has 2 amide bonds. The van der Waals surface area contributed by atoms with Gasteiger partial charge in [-0.15, -0.1) is 0 Å². The number of pyridine rings is 1. The molecule has 0 spiro atoms. The van der Waals surface area contributed by atoms with Gasteiger partial charge in [0.05, 0.1) is 11.4 Å². The molecule has 0 aliphatic carbocycles. The Kier molecular flexibility index (Phi) is 3.95. The third-order valence-electron chi connectivity index (χ3n) is 4.79. The van der Waals surface area contributed by atoms with E-state index < -0.39 is 6.04 Å². The Hall–Kier alpha value is -3.15. The van der Waals surface area contributed by atoms with Crippen molar-refractivity contribution in [3.05, 3.63) is 65.6 Å². The minimum atomic E-state index is -0.511. The van der Waals surface area contributed by atoms with Crippen molar-refractivity contribution in [3.63, 3.8) is 0 Å². The Morgan fingerprint density at radius 3 is 2.65 bits per heavy atom. The third-order valence-corrected chi connectivity index (χ3v) is 4.79. The number of hydrogen-bond donors (Lipinski definition) is 1. The minimum absolute atomic E-state index is 0.0969. The fourth-order valence-electron chi connectivity index (χ4n) is 3.51. The molecule has 132 valence electrons. The lowest BCUT2D eigenvalue weighted by Crippen LogP contribution is -2.49. The maximum absolute atomic E-state index is 12.9. The highest BCUT2D eigenvalue weighted by Gasteiger charge is 2.33. The second-order valence-corrected chi connectivity index (χ2v) is 6.69. The number of imidazole rings is 1. The summed E-state index contributed by atoms with van der Waals surface area (Å²) in [7, 11) is 0. The average Bonchev–Trinajstić information content (AvgIpc) is 2.99. The number of amides is 2. The molecule has 3 aromatic rings. The van der Waals surface area contributed by atoms with E-state index in [1.54, 1.807) is 4.90 Å². The second-order valence-electron chi connectivity index (χ2n) is 6.69. The van der Waals surface area contributed by atoms with Crippen molar-refractivity contribution in [3.8, 4) is 0 Å². The molecular formula is C20H20N4O2. The monoisotopic (exact) mass is 348 g/mol. The van der Waals surface area contributed by atoms with Crippen LogP contribution in [0, 0.1) is 6.92 Å². The van der Waals surface area contributed by atoms with Crippen molar-refractivity contribution in [1.29, 1.82) is 0 Å². The number of aromatic nitrogens is 2. The van der Waals surface area contributed by atoms with Crippen LogP contribution < -0.4 is 5.32 Å². The molecule has 1 aliphatic rings. The Morgan fingerprint density at radius 2 is 1.88 bits per heavy atom. The summed E-state index contributed by atoms with van der Waals surface area (Å²) in [5.74, 6) is -0.272. The number of aryl methyl sites for hydroxylation is 1. The summed E-state index contributed by atoms with van der Waals surface area (Å²) in [6.07, 6.45) is 4.26. The van der Waals surface area contributed by atoms with Gasteiger partial charge in [-0.05, 0) is 30.2 Å². The van der Waals surface area contributed by atoms with E-state index in [9.17, 15) is 9.59 Å². The normalized spacial score (nSPS) is 16.4. The molecule has 1 unspecified atom stereocenters. The van der Waals surface area contributed by atoms with E-state index in [1.165, 1.54) is 6.92 Å². The Labute approximate surface area is 151 Å². The summed E-state index contributed by atoms with van der Waals surface area (Å²) in [6.45, 7) is 3.90. The molecule has 6 heteroatoms. The molecule has 0 radical (unpaired) electrons. The maximum atomic E-state index is 12.9. The number of carbonyl (C=O) groups is 2. The van der Waals surface area contributed by atoms with Gasteiger partial charge in [-0.25, -0.2) is 4.98 Å². The third kappa shape index (κ3) is 2.94. The molecule has 26 heavy (non-hydrogen) atoms. The maximum Gasteiger partial charge on any atom is 0.247 e. The van der Waals surface area contributed by atoms with Crippen molar-refractivity contribution in [2.45, 2.75) is 32.9 Å². The zero-order valence-corrected chi connectivity index (χ0v) is 14.8. The Morgan fingerprint density at radius 1 is 1.12 bits per heavy atom. The molecule has 1 atom stereocenters. The number of anilines is 1. The van der Waals surface area contributed by atoms with E-state index in [0.717, 1.165) is 22.5 Å². The van der Waals surface area contributed by atoms with Crippen LogP contribution in [0.1, 0.15) is 23.7 Å². The number of nitrogens with one attached hydrogen (secondary N) is 1. The molecule has 0 saturated carbocycles. The lowest BCUT2D eigenvalue weighted by molar-refractivity contribution is -0.138. The zero-order valence-electron chi connectivity index (χ0n) is 14.8. The first-order valence-corrected chi connectivity index (χ1v) is 8.61. The van der Waals surface area contributed by atoms with Gasteiger partial charge in [0.25, 0.3) is 0 Å². The van der Waals surface area contributed by atoms with Crippen LogP contribution in [0.15, 0.2) is 48.8 Å². The van der Waals surface area contributed by atoms with E-state index in [2.05, 4.69) is 10.3 Å². The molecule has 2 aromatic heterocycles. The summed E-state index contributed by atoms with van der Waals surface area (Å²) < 4.78 is 1.88. The van der Waals surface area contributed by atoms with Crippen LogP contribution in [-0.4, -0.2) is 32.1 Å². The van der Waals surface area contributed by atoms with Gasteiger partial charge in [0.15, 0.2) is 0 Å². The summed E-state index contributed by atoms with van der Waals surface area (Å²) in [5, 5.41) is 2.95. The number of rotatable bonds is 2. The summed E-state index contributed by atoms with van der Waals surface area (Å²) >= 11 is 0. The van der Waals surface area contributed by atoms with E-state index in [-0.39, 0.29) is 11.8 Å². The molecule has 4 rings (SSSR count). The molecule has 1 aromatic carbocycles. The van der Waals surface area contributed by atoms with Gasteiger partial charge in [0, 0.05) is 32.3 Å². The first-order chi connectivity index (χ1) is 12.5. The number of hydrogen-bond acceptors (Lipinski definition) is 3. The van der Waals surface area contributed by atoms with Crippen molar-refractivity contribution in [2.75, 3.05) is 5.32 Å². The van der Waals surface area contributed by atoms with Crippen LogP contribution in [-0.2, 0) is 22.6 Å². The molecule has 0 saturated heterocycles. The van der Waals surface area contributed by atoms with Crippen LogP contribution in [0.2, 0.25) is 0 Å². The lowest BCUT2D eigenvalue weighted by Gasteiger charge is -2.35. The van der Waals surface area contributed by atoms with Gasteiger partial charge in [-0.2, -0.15) is 0 Å². The molecular weight excluding hydrogens is 328 g/mol. The molecule has 6 nitrogen and oxygen atoms in total. The first kappa shape index (κ1) is 16.3. The fourth-order valence-corrected chi connectivity index (χ4v) is 3.51. The molecule has 0 fully saturated rings. The molecule has 1 N–H and O–H groups in total. The highest BCUT2D eigenvalue weighted by Crippen LogP contribution is 2.24. The van der Waals surface area contributed by atoms with Crippen LogP contribution in [0.5, 0.6) is 0 Å². The van der Waals surface area contributed by atoms with Gasteiger partial charge >= 0.3 is 0 Å². The van der Waals surface area contributed by atoms with E-state index in [0.29, 0.717) is 18.7 Å². The molecule has 0 bridgehead atoms. The molecule has 3 heterocycles. The van der Waals surface area contributed by atoms with Crippen molar-refractivity contribution in [2.24, 2.45) is 0 Å².